The lowest BCUT2D eigenvalue weighted by Crippen LogP contribution is -2.49. The maximum absolute atomic E-state index is 12.7. The Morgan fingerprint density at radius 1 is 1.06 bits per heavy atom. The van der Waals surface area contributed by atoms with Gasteiger partial charge in [-0.05, 0) is 38.1 Å². The van der Waals surface area contributed by atoms with Crippen molar-refractivity contribution in [2.75, 3.05) is 38.5 Å². The molecule has 2 amide bonds. The predicted octanol–water partition coefficient (Wildman–Crippen LogP) is 1.26. The summed E-state index contributed by atoms with van der Waals surface area (Å²) >= 11 is 0. The van der Waals surface area contributed by atoms with Gasteiger partial charge in [0.15, 0.2) is 0 Å². The van der Waals surface area contributed by atoms with Gasteiger partial charge in [-0.2, -0.15) is 0 Å². The van der Waals surface area contributed by atoms with Crippen molar-refractivity contribution in [1.82, 2.24) is 29.3 Å². The molecule has 3 heterocycles. The zero-order valence-electron chi connectivity index (χ0n) is 17.7. The van der Waals surface area contributed by atoms with Crippen LogP contribution in [0.25, 0.3) is 0 Å². The number of nitrogens with one attached hydrogen (secondary N) is 2. The van der Waals surface area contributed by atoms with Crippen molar-refractivity contribution < 1.29 is 13.2 Å². The number of anilines is 1. The fourth-order valence-corrected chi connectivity index (χ4v) is 4.81. The van der Waals surface area contributed by atoms with E-state index in [0.717, 1.165) is 44.2 Å². The van der Waals surface area contributed by atoms with Crippen LogP contribution in [0, 0.1) is 0 Å². The van der Waals surface area contributed by atoms with E-state index < -0.39 is 10.0 Å². The number of nitrogens with zero attached hydrogens (tertiary/aromatic N) is 5. The Balaban J connectivity index is 1.32. The summed E-state index contributed by atoms with van der Waals surface area (Å²) in [5.41, 5.74) is 0.454. The maximum Gasteiger partial charge on any atom is 0.321 e. The number of hydrogen-bond acceptors (Lipinski definition) is 6. The highest BCUT2D eigenvalue weighted by atomic mass is 32.2. The van der Waals surface area contributed by atoms with Gasteiger partial charge in [0.2, 0.25) is 10.0 Å². The van der Waals surface area contributed by atoms with Gasteiger partial charge in [0.25, 0.3) is 0 Å². The molecule has 1 aromatic carbocycles. The molecule has 0 bridgehead atoms. The van der Waals surface area contributed by atoms with Crippen molar-refractivity contribution in [2.24, 2.45) is 0 Å². The second-order valence-electron chi connectivity index (χ2n) is 7.92. The number of aromatic nitrogens is 3. The number of sulfonamides is 1. The highest BCUT2D eigenvalue weighted by molar-refractivity contribution is 7.89. The number of carbonyl (C=O) groups excluding carboxylic acids is 1. The molecule has 0 saturated carbocycles. The molecule has 0 spiro atoms. The minimum atomic E-state index is -3.56. The molecule has 11 heteroatoms. The lowest BCUT2D eigenvalue weighted by atomic mass is 10.2. The van der Waals surface area contributed by atoms with E-state index in [1.165, 1.54) is 38.4 Å². The third-order valence-electron chi connectivity index (χ3n) is 5.87. The smallest absolute Gasteiger partial charge is 0.321 e. The van der Waals surface area contributed by atoms with Gasteiger partial charge >= 0.3 is 6.03 Å². The summed E-state index contributed by atoms with van der Waals surface area (Å²) < 4.78 is 28.5. The first-order chi connectivity index (χ1) is 15.0. The van der Waals surface area contributed by atoms with E-state index in [4.69, 9.17) is 0 Å². The van der Waals surface area contributed by atoms with Gasteiger partial charge in [-0.1, -0.05) is 12.5 Å². The lowest BCUT2D eigenvalue weighted by molar-refractivity contribution is 0.140. The third kappa shape index (κ3) is 5.05. The first-order valence-corrected chi connectivity index (χ1v) is 12.2. The van der Waals surface area contributed by atoms with Crippen LogP contribution in [0.15, 0.2) is 29.2 Å². The Morgan fingerprint density at radius 2 is 1.87 bits per heavy atom. The molecule has 1 aromatic heterocycles. The van der Waals surface area contributed by atoms with E-state index >= 15 is 0 Å². The van der Waals surface area contributed by atoms with Gasteiger partial charge < -0.3 is 14.8 Å². The summed E-state index contributed by atoms with van der Waals surface area (Å²) in [6.07, 6.45) is 4.58. The first kappa shape index (κ1) is 21.7. The summed E-state index contributed by atoms with van der Waals surface area (Å²) in [5.74, 6) is 2.10. The van der Waals surface area contributed by atoms with Gasteiger partial charge in [-0.25, -0.2) is 17.9 Å². The summed E-state index contributed by atoms with van der Waals surface area (Å²) in [4.78, 5) is 16.8. The molecule has 2 aliphatic rings. The molecule has 0 unspecified atom stereocenters. The molecule has 1 saturated heterocycles. The quantitative estimate of drug-likeness (QED) is 0.714. The number of aryl methyl sites for hydroxylation is 1. The first-order valence-electron chi connectivity index (χ1n) is 10.7. The van der Waals surface area contributed by atoms with Crippen molar-refractivity contribution in [3.63, 3.8) is 0 Å². The van der Waals surface area contributed by atoms with Crippen LogP contribution < -0.4 is 10.0 Å². The molecule has 31 heavy (non-hydrogen) atoms. The number of carbonyl (C=O) groups is 1. The van der Waals surface area contributed by atoms with Crippen molar-refractivity contribution in [3.8, 4) is 0 Å². The van der Waals surface area contributed by atoms with Gasteiger partial charge in [-0.15, -0.1) is 10.2 Å². The zero-order chi connectivity index (χ0) is 21.8. The van der Waals surface area contributed by atoms with Crippen LogP contribution in [0.1, 0.15) is 30.9 Å². The molecule has 2 aromatic rings. The SMILES string of the molecule is CNS(=O)(=O)c1cccc(NC(=O)N2CCN(Cc3nnc4n3CCCCC4)CC2)c1. The standard InChI is InChI=1S/C20H29N7O3S/c1-21-31(29,30)17-7-5-6-16(14-17)22-20(28)26-12-10-25(11-13-26)15-19-24-23-18-8-3-2-4-9-27(18)19/h5-7,14,21H,2-4,8-13,15H2,1H3,(H,22,28). The number of benzene rings is 1. The molecule has 0 aliphatic carbocycles. The van der Waals surface area contributed by atoms with Crippen LogP contribution >= 0.6 is 0 Å². The van der Waals surface area contributed by atoms with E-state index in [0.29, 0.717) is 18.8 Å². The molecular weight excluding hydrogens is 418 g/mol. The Hall–Kier alpha value is -2.50. The van der Waals surface area contributed by atoms with E-state index in [-0.39, 0.29) is 10.9 Å². The van der Waals surface area contributed by atoms with Crippen LogP contribution in [0.5, 0.6) is 0 Å². The average Bonchev–Trinajstić information content (AvgIpc) is 3.00. The number of amides is 2. The average molecular weight is 448 g/mol. The minimum Gasteiger partial charge on any atom is -0.322 e. The van der Waals surface area contributed by atoms with Gasteiger partial charge in [0, 0.05) is 44.8 Å². The Kier molecular flexibility index (Phi) is 6.54. The van der Waals surface area contributed by atoms with E-state index in [2.05, 4.69) is 29.7 Å². The molecule has 2 N–H and O–H groups in total. The van der Waals surface area contributed by atoms with Crippen LogP contribution in [-0.4, -0.2) is 72.2 Å². The lowest BCUT2D eigenvalue weighted by Gasteiger charge is -2.34. The normalized spacial score (nSPS) is 17.8. The van der Waals surface area contributed by atoms with Gasteiger partial charge in [0.05, 0.1) is 11.4 Å². The van der Waals surface area contributed by atoms with Crippen LogP contribution in [0.4, 0.5) is 10.5 Å². The van der Waals surface area contributed by atoms with Gasteiger partial charge in [-0.3, -0.25) is 4.90 Å². The Labute approximate surface area is 182 Å². The molecule has 1 fully saturated rings. The maximum atomic E-state index is 12.7. The van der Waals surface area contributed by atoms with Crippen LogP contribution in [-0.2, 0) is 29.5 Å². The van der Waals surface area contributed by atoms with Crippen molar-refractivity contribution >= 4 is 21.7 Å². The van der Waals surface area contributed by atoms with Crippen molar-refractivity contribution in [1.29, 1.82) is 0 Å². The second kappa shape index (κ2) is 9.33. The second-order valence-corrected chi connectivity index (χ2v) is 9.81. The number of rotatable bonds is 5. The molecular formula is C20H29N7O3S. The van der Waals surface area contributed by atoms with Crippen molar-refractivity contribution in [2.45, 2.75) is 43.7 Å². The molecule has 0 atom stereocenters. The van der Waals surface area contributed by atoms with Crippen LogP contribution in [0.2, 0.25) is 0 Å². The summed E-state index contributed by atoms with van der Waals surface area (Å²) in [5, 5.41) is 11.6. The summed E-state index contributed by atoms with van der Waals surface area (Å²) in [6, 6.07) is 6.01. The molecule has 4 rings (SSSR count). The minimum absolute atomic E-state index is 0.116. The molecule has 2 aliphatic heterocycles. The Morgan fingerprint density at radius 3 is 2.65 bits per heavy atom. The predicted molar refractivity (Wildman–Crippen MR) is 116 cm³/mol. The zero-order valence-corrected chi connectivity index (χ0v) is 18.6. The number of fused-ring (bicyclic) bond motifs is 1. The fourth-order valence-electron chi connectivity index (χ4n) is 4.03. The monoisotopic (exact) mass is 447 g/mol. The summed E-state index contributed by atoms with van der Waals surface area (Å²) in [6.45, 7) is 4.44. The van der Waals surface area contributed by atoms with E-state index in [1.54, 1.807) is 17.0 Å². The molecule has 168 valence electrons. The third-order valence-corrected chi connectivity index (χ3v) is 7.29. The van der Waals surface area contributed by atoms with Crippen LogP contribution in [0.3, 0.4) is 0 Å². The Bertz CT molecular complexity index is 1030. The number of piperazine rings is 1. The topological polar surface area (TPSA) is 112 Å². The summed E-state index contributed by atoms with van der Waals surface area (Å²) in [7, 11) is -2.20. The highest BCUT2D eigenvalue weighted by Crippen LogP contribution is 2.18. The highest BCUT2D eigenvalue weighted by Gasteiger charge is 2.24. The number of urea groups is 1. The largest absolute Gasteiger partial charge is 0.322 e. The van der Waals surface area contributed by atoms with Crippen molar-refractivity contribution in [3.05, 3.63) is 35.9 Å². The van der Waals surface area contributed by atoms with Gasteiger partial charge in [0.1, 0.15) is 11.6 Å². The van der Waals surface area contributed by atoms with E-state index in [1.807, 2.05) is 0 Å². The molecule has 0 radical (unpaired) electrons. The number of hydrogen-bond donors (Lipinski definition) is 2. The van der Waals surface area contributed by atoms with E-state index in [9.17, 15) is 13.2 Å². The molecule has 10 nitrogen and oxygen atoms in total. The fraction of sp³-hybridized carbons (Fsp3) is 0.550.